The molecule has 1 rings (SSSR count). The second-order valence-corrected chi connectivity index (χ2v) is 4.13. The number of rotatable bonds is 4. The van der Waals surface area contributed by atoms with Crippen molar-refractivity contribution in [2.75, 3.05) is 11.9 Å². The van der Waals surface area contributed by atoms with Crippen LogP contribution in [-0.4, -0.2) is 23.6 Å². The summed E-state index contributed by atoms with van der Waals surface area (Å²) in [4.78, 5) is 11.6. The third-order valence-corrected chi connectivity index (χ3v) is 2.47. The molecule has 1 aromatic carbocycles. The van der Waals surface area contributed by atoms with Gasteiger partial charge in [0.2, 0.25) is 0 Å². The van der Waals surface area contributed by atoms with Crippen molar-refractivity contribution in [3.8, 4) is 0 Å². The maximum atomic E-state index is 11.6. The molecule has 1 aromatic rings. The molecule has 0 saturated carbocycles. The van der Waals surface area contributed by atoms with Crippen LogP contribution in [0.15, 0.2) is 29.4 Å². The van der Waals surface area contributed by atoms with E-state index in [9.17, 15) is 4.79 Å². The zero-order chi connectivity index (χ0) is 13.5. The zero-order valence-electron chi connectivity index (χ0n) is 10.5. The molecule has 0 spiro atoms. The predicted octanol–water partition coefficient (Wildman–Crippen LogP) is 1.50. The summed E-state index contributed by atoms with van der Waals surface area (Å²) in [7, 11) is 0. The van der Waals surface area contributed by atoms with Gasteiger partial charge in [-0.2, -0.15) is 0 Å². The molecule has 0 aliphatic carbocycles. The van der Waals surface area contributed by atoms with Crippen LogP contribution in [0.2, 0.25) is 0 Å². The van der Waals surface area contributed by atoms with Gasteiger partial charge in [-0.25, -0.2) is 4.79 Å². The number of nitrogens with two attached hydrogens (primary N) is 1. The summed E-state index contributed by atoms with van der Waals surface area (Å²) in [5.74, 6) is -0.135. The monoisotopic (exact) mass is 250 g/mol. The molecule has 0 bridgehead atoms. The number of amidine groups is 1. The van der Waals surface area contributed by atoms with Crippen molar-refractivity contribution < 1.29 is 10.0 Å². The molecule has 2 amide bonds. The SMILES string of the molecule is Cc1cccc(NC(=O)NCC(C)C(N)=NO)c1. The second kappa shape index (κ2) is 6.48. The van der Waals surface area contributed by atoms with E-state index in [1.807, 2.05) is 25.1 Å². The molecular formula is C12H18N4O2. The molecule has 18 heavy (non-hydrogen) atoms. The van der Waals surface area contributed by atoms with Crippen LogP contribution in [0.5, 0.6) is 0 Å². The van der Waals surface area contributed by atoms with E-state index in [1.165, 1.54) is 0 Å². The van der Waals surface area contributed by atoms with Gasteiger partial charge in [0.1, 0.15) is 5.84 Å². The summed E-state index contributed by atoms with van der Waals surface area (Å²) >= 11 is 0. The van der Waals surface area contributed by atoms with E-state index in [-0.39, 0.29) is 17.8 Å². The number of hydrogen-bond donors (Lipinski definition) is 4. The molecule has 0 aliphatic heterocycles. The van der Waals surface area contributed by atoms with Gasteiger partial charge in [0.15, 0.2) is 0 Å². The van der Waals surface area contributed by atoms with Crippen molar-refractivity contribution in [2.45, 2.75) is 13.8 Å². The predicted molar refractivity (Wildman–Crippen MR) is 70.8 cm³/mol. The highest BCUT2D eigenvalue weighted by molar-refractivity contribution is 5.90. The Morgan fingerprint density at radius 3 is 2.89 bits per heavy atom. The molecule has 0 aliphatic rings. The molecule has 0 fully saturated rings. The maximum absolute atomic E-state index is 11.6. The van der Waals surface area contributed by atoms with Crippen LogP contribution < -0.4 is 16.4 Å². The van der Waals surface area contributed by atoms with Crippen molar-refractivity contribution in [3.05, 3.63) is 29.8 Å². The van der Waals surface area contributed by atoms with Gasteiger partial charge in [0, 0.05) is 18.2 Å². The lowest BCUT2D eigenvalue weighted by atomic mass is 10.1. The van der Waals surface area contributed by atoms with Gasteiger partial charge < -0.3 is 21.6 Å². The summed E-state index contributed by atoms with van der Waals surface area (Å²) in [5, 5.41) is 16.7. The number of oxime groups is 1. The third kappa shape index (κ3) is 4.32. The zero-order valence-corrected chi connectivity index (χ0v) is 10.5. The fourth-order valence-corrected chi connectivity index (χ4v) is 1.35. The number of nitrogens with one attached hydrogen (secondary N) is 2. The molecule has 0 radical (unpaired) electrons. The Morgan fingerprint density at radius 1 is 1.56 bits per heavy atom. The molecular weight excluding hydrogens is 232 g/mol. The average Bonchev–Trinajstić information content (AvgIpc) is 2.35. The third-order valence-electron chi connectivity index (χ3n) is 2.47. The number of benzene rings is 1. The van der Waals surface area contributed by atoms with Crippen LogP contribution in [0.3, 0.4) is 0 Å². The molecule has 1 unspecified atom stereocenters. The van der Waals surface area contributed by atoms with E-state index < -0.39 is 0 Å². The summed E-state index contributed by atoms with van der Waals surface area (Å²) in [6.07, 6.45) is 0. The van der Waals surface area contributed by atoms with E-state index in [0.717, 1.165) is 11.3 Å². The smallest absolute Gasteiger partial charge is 0.319 e. The van der Waals surface area contributed by atoms with Crippen LogP contribution in [0.25, 0.3) is 0 Å². The molecule has 0 saturated heterocycles. The first-order chi connectivity index (χ1) is 8.52. The van der Waals surface area contributed by atoms with E-state index in [1.54, 1.807) is 13.0 Å². The molecule has 98 valence electrons. The Hall–Kier alpha value is -2.24. The first-order valence-corrected chi connectivity index (χ1v) is 5.62. The maximum Gasteiger partial charge on any atom is 0.319 e. The first-order valence-electron chi connectivity index (χ1n) is 5.62. The number of nitrogens with zero attached hydrogens (tertiary/aromatic N) is 1. The molecule has 1 atom stereocenters. The fraction of sp³-hybridized carbons (Fsp3) is 0.333. The van der Waals surface area contributed by atoms with Crippen LogP contribution in [0, 0.1) is 12.8 Å². The van der Waals surface area contributed by atoms with Crippen LogP contribution in [-0.2, 0) is 0 Å². The Balaban J connectivity index is 2.43. The Kier molecular flexibility index (Phi) is 4.98. The lowest BCUT2D eigenvalue weighted by Crippen LogP contribution is -2.36. The molecule has 0 aromatic heterocycles. The van der Waals surface area contributed by atoms with Gasteiger partial charge in [-0.05, 0) is 24.6 Å². The van der Waals surface area contributed by atoms with Crippen molar-refractivity contribution in [2.24, 2.45) is 16.8 Å². The normalized spacial score (nSPS) is 12.9. The number of anilines is 1. The summed E-state index contributed by atoms with van der Waals surface area (Å²) in [5.41, 5.74) is 7.20. The minimum atomic E-state index is -0.321. The minimum absolute atomic E-state index is 0.0888. The van der Waals surface area contributed by atoms with Crippen LogP contribution in [0.1, 0.15) is 12.5 Å². The highest BCUT2D eigenvalue weighted by Gasteiger charge is 2.09. The van der Waals surface area contributed by atoms with Gasteiger partial charge in [-0.15, -0.1) is 0 Å². The fourth-order valence-electron chi connectivity index (χ4n) is 1.35. The van der Waals surface area contributed by atoms with Crippen molar-refractivity contribution >= 4 is 17.6 Å². The lowest BCUT2D eigenvalue weighted by molar-refractivity contribution is 0.251. The Bertz CT molecular complexity index is 445. The lowest BCUT2D eigenvalue weighted by Gasteiger charge is -2.12. The number of amides is 2. The van der Waals surface area contributed by atoms with E-state index in [4.69, 9.17) is 10.9 Å². The number of carbonyl (C=O) groups excluding carboxylic acids is 1. The van der Waals surface area contributed by atoms with E-state index in [2.05, 4.69) is 15.8 Å². The van der Waals surface area contributed by atoms with Gasteiger partial charge in [0.25, 0.3) is 0 Å². The number of hydrogen-bond acceptors (Lipinski definition) is 3. The number of aryl methyl sites for hydroxylation is 1. The van der Waals surface area contributed by atoms with Crippen LogP contribution in [0.4, 0.5) is 10.5 Å². The summed E-state index contributed by atoms with van der Waals surface area (Å²) < 4.78 is 0. The van der Waals surface area contributed by atoms with Crippen molar-refractivity contribution in [3.63, 3.8) is 0 Å². The molecule has 6 heteroatoms. The Morgan fingerprint density at radius 2 is 2.28 bits per heavy atom. The average molecular weight is 250 g/mol. The minimum Gasteiger partial charge on any atom is -0.409 e. The second-order valence-electron chi connectivity index (χ2n) is 4.13. The van der Waals surface area contributed by atoms with Crippen molar-refractivity contribution in [1.82, 2.24) is 5.32 Å². The first kappa shape index (κ1) is 13.8. The van der Waals surface area contributed by atoms with Crippen LogP contribution >= 0.6 is 0 Å². The standard InChI is InChI=1S/C12H18N4O2/c1-8-4-3-5-10(6-8)15-12(17)14-7-9(2)11(13)16-18/h3-6,9,18H,7H2,1-2H3,(H2,13,16)(H2,14,15,17). The van der Waals surface area contributed by atoms with Gasteiger partial charge in [-0.3, -0.25) is 0 Å². The van der Waals surface area contributed by atoms with Gasteiger partial charge >= 0.3 is 6.03 Å². The number of carbonyl (C=O) groups is 1. The van der Waals surface area contributed by atoms with E-state index >= 15 is 0 Å². The Labute approximate surface area is 106 Å². The topological polar surface area (TPSA) is 99.7 Å². The van der Waals surface area contributed by atoms with E-state index in [0.29, 0.717) is 6.54 Å². The molecule has 5 N–H and O–H groups in total. The highest BCUT2D eigenvalue weighted by atomic mass is 16.4. The van der Waals surface area contributed by atoms with Gasteiger partial charge in [0.05, 0.1) is 0 Å². The largest absolute Gasteiger partial charge is 0.409 e. The quantitative estimate of drug-likeness (QED) is 0.282. The van der Waals surface area contributed by atoms with Crippen molar-refractivity contribution in [1.29, 1.82) is 0 Å². The highest BCUT2D eigenvalue weighted by Crippen LogP contribution is 2.08. The van der Waals surface area contributed by atoms with Gasteiger partial charge in [-0.1, -0.05) is 24.2 Å². The number of urea groups is 1. The molecule has 6 nitrogen and oxygen atoms in total. The molecule has 0 heterocycles. The summed E-state index contributed by atoms with van der Waals surface area (Å²) in [6, 6.07) is 7.16. The summed E-state index contributed by atoms with van der Waals surface area (Å²) in [6.45, 7) is 4.00.